The molecule has 19 heavy (non-hydrogen) atoms. The molecule has 0 radical (unpaired) electrons. The molecule has 0 spiro atoms. The lowest BCUT2D eigenvalue weighted by Gasteiger charge is -2.26. The fraction of sp³-hybridized carbons (Fsp3) is 0.571. The van der Waals surface area contributed by atoms with Crippen molar-refractivity contribution in [1.82, 2.24) is 4.98 Å². The molecular formula is C14H22N2O2S. The van der Waals surface area contributed by atoms with E-state index in [1.807, 2.05) is 11.9 Å². The maximum Gasteiger partial charge on any atom is 0.335 e. The average molecular weight is 282 g/mol. The molecule has 0 fully saturated rings. The second-order valence-corrected chi connectivity index (χ2v) is 5.59. The first kappa shape index (κ1) is 15.8. The molecule has 1 aromatic heterocycles. The summed E-state index contributed by atoms with van der Waals surface area (Å²) < 4.78 is 0. The van der Waals surface area contributed by atoms with Crippen molar-refractivity contribution in [2.24, 2.45) is 0 Å². The van der Waals surface area contributed by atoms with Gasteiger partial charge >= 0.3 is 5.97 Å². The van der Waals surface area contributed by atoms with Crippen molar-refractivity contribution < 1.29 is 9.90 Å². The highest BCUT2D eigenvalue weighted by atomic mass is 32.2. The van der Waals surface area contributed by atoms with Gasteiger partial charge in [0.15, 0.2) is 0 Å². The van der Waals surface area contributed by atoms with Gasteiger partial charge in [-0.1, -0.05) is 13.3 Å². The minimum atomic E-state index is -0.896. The number of aromatic nitrogens is 1. The smallest absolute Gasteiger partial charge is 0.335 e. The Bertz CT molecular complexity index is 437. The van der Waals surface area contributed by atoms with E-state index < -0.39 is 5.97 Å². The molecule has 1 rings (SSSR count). The molecule has 0 bridgehead atoms. The molecule has 4 nitrogen and oxygen atoms in total. The number of carboxylic acid groups (broad SMARTS) is 1. The molecule has 0 amide bonds. The normalized spacial score (nSPS) is 12.2. The summed E-state index contributed by atoms with van der Waals surface area (Å²) in [4.78, 5) is 17.8. The molecule has 1 unspecified atom stereocenters. The molecule has 0 aliphatic heterocycles. The molecule has 1 N–H and O–H groups in total. The molecule has 0 aliphatic carbocycles. The molecular weight excluding hydrogens is 260 g/mol. The Hall–Kier alpha value is -1.23. The first-order chi connectivity index (χ1) is 8.99. The van der Waals surface area contributed by atoms with E-state index in [1.165, 1.54) is 0 Å². The van der Waals surface area contributed by atoms with Crippen LogP contribution in [0.15, 0.2) is 12.1 Å². The molecule has 0 aromatic carbocycles. The first-order valence-corrected chi connectivity index (χ1v) is 7.85. The lowest BCUT2D eigenvalue weighted by molar-refractivity contribution is 0.0696. The van der Waals surface area contributed by atoms with Crippen LogP contribution in [0.4, 0.5) is 5.82 Å². The summed E-state index contributed by atoms with van der Waals surface area (Å²) in [6, 6.07) is 3.64. The quantitative estimate of drug-likeness (QED) is 0.833. The molecule has 106 valence electrons. The van der Waals surface area contributed by atoms with E-state index in [1.54, 1.807) is 23.9 Å². The van der Waals surface area contributed by atoms with E-state index in [0.29, 0.717) is 11.6 Å². The van der Waals surface area contributed by atoms with Crippen LogP contribution in [-0.2, 0) is 6.42 Å². The van der Waals surface area contributed by atoms with Gasteiger partial charge in [-0.25, -0.2) is 9.78 Å². The standard InChI is InChI=1S/C14H22N2O2S/c1-5-6-12-7-11(14(17)18)8-13(15-12)16(3)10(2)9-19-4/h7-8,10H,5-6,9H2,1-4H3,(H,17,18). The van der Waals surface area contributed by atoms with E-state index in [2.05, 4.69) is 25.1 Å². The lowest BCUT2D eigenvalue weighted by Crippen LogP contribution is -2.31. The van der Waals surface area contributed by atoms with Crippen LogP contribution in [0.5, 0.6) is 0 Å². The minimum Gasteiger partial charge on any atom is -0.478 e. The van der Waals surface area contributed by atoms with E-state index in [-0.39, 0.29) is 0 Å². The van der Waals surface area contributed by atoms with Crippen LogP contribution in [0.3, 0.4) is 0 Å². The monoisotopic (exact) mass is 282 g/mol. The number of hydrogen-bond acceptors (Lipinski definition) is 4. The van der Waals surface area contributed by atoms with Gasteiger partial charge in [0, 0.05) is 24.5 Å². The Morgan fingerprint density at radius 2 is 2.21 bits per heavy atom. The zero-order valence-corrected chi connectivity index (χ0v) is 12.8. The highest BCUT2D eigenvalue weighted by Crippen LogP contribution is 2.18. The SMILES string of the molecule is CCCc1cc(C(=O)O)cc(N(C)C(C)CSC)n1. The summed E-state index contributed by atoms with van der Waals surface area (Å²) in [5, 5.41) is 9.18. The molecule has 1 atom stereocenters. The summed E-state index contributed by atoms with van der Waals surface area (Å²) >= 11 is 1.77. The van der Waals surface area contributed by atoms with Crippen LogP contribution in [-0.4, -0.2) is 41.2 Å². The van der Waals surface area contributed by atoms with Crippen molar-refractivity contribution in [2.45, 2.75) is 32.7 Å². The fourth-order valence-corrected chi connectivity index (χ4v) is 2.55. The molecule has 0 aliphatic rings. The largest absolute Gasteiger partial charge is 0.478 e. The highest BCUT2D eigenvalue weighted by Gasteiger charge is 2.14. The van der Waals surface area contributed by atoms with Gasteiger partial charge in [0.1, 0.15) is 5.82 Å². The topological polar surface area (TPSA) is 53.4 Å². The van der Waals surface area contributed by atoms with E-state index in [9.17, 15) is 9.90 Å². The lowest BCUT2D eigenvalue weighted by atomic mass is 10.1. The number of anilines is 1. The third-order valence-corrected chi connectivity index (χ3v) is 3.86. The number of nitrogens with zero attached hydrogens (tertiary/aromatic N) is 2. The molecule has 0 saturated heterocycles. The van der Waals surface area contributed by atoms with Gasteiger partial charge in [-0.05, 0) is 31.7 Å². The average Bonchev–Trinajstić information content (AvgIpc) is 2.38. The number of carbonyl (C=O) groups is 1. The van der Waals surface area contributed by atoms with Crippen molar-refractivity contribution in [2.75, 3.05) is 24.0 Å². The van der Waals surface area contributed by atoms with Crippen LogP contribution >= 0.6 is 11.8 Å². The van der Waals surface area contributed by atoms with Gasteiger partial charge in [0.05, 0.1) is 5.56 Å². The van der Waals surface area contributed by atoms with Gasteiger partial charge in [0.2, 0.25) is 0 Å². The molecule has 1 aromatic rings. The summed E-state index contributed by atoms with van der Waals surface area (Å²) in [6.07, 6.45) is 3.83. The van der Waals surface area contributed by atoms with Crippen molar-refractivity contribution in [3.05, 3.63) is 23.4 Å². The van der Waals surface area contributed by atoms with Crippen LogP contribution in [0.25, 0.3) is 0 Å². The van der Waals surface area contributed by atoms with Crippen LogP contribution < -0.4 is 4.90 Å². The van der Waals surface area contributed by atoms with Gasteiger partial charge < -0.3 is 10.0 Å². The van der Waals surface area contributed by atoms with Gasteiger partial charge in [-0.3, -0.25) is 0 Å². The fourth-order valence-electron chi connectivity index (χ4n) is 1.84. The number of hydrogen-bond donors (Lipinski definition) is 1. The number of rotatable bonds is 7. The van der Waals surface area contributed by atoms with Gasteiger partial charge in [-0.15, -0.1) is 0 Å². The molecule has 5 heteroatoms. The second kappa shape index (κ2) is 7.38. The third kappa shape index (κ3) is 4.42. The van der Waals surface area contributed by atoms with Gasteiger partial charge in [0.25, 0.3) is 0 Å². The number of thioether (sulfide) groups is 1. The number of aryl methyl sites for hydroxylation is 1. The Labute approximate surface area is 119 Å². The summed E-state index contributed by atoms with van der Waals surface area (Å²) in [5.74, 6) is 0.829. The Balaban J connectivity index is 3.07. The van der Waals surface area contributed by atoms with Crippen molar-refractivity contribution in [1.29, 1.82) is 0 Å². The van der Waals surface area contributed by atoms with Crippen LogP contribution in [0.1, 0.15) is 36.3 Å². The molecule has 0 saturated carbocycles. The predicted molar refractivity (Wildman–Crippen MR) is 81.4 cm³/mol. The maximum atomic E-state index is 11.2. The van der Waals surface area contributed by atoms with Crippen molar-refractivity contribution in [3.8, 4) is 0 Å². The van der Waals surface area contributed by atoms with Crippen molar-refractivity contribution >= 4 is 23.5 Å². The third-order valence-electron chi connectivity index (χ3n) is 3.05. The van der Waals surface area contributed by atoms with E-state index in [4.69, 9.17) is 0 Å². The number of carboxylic acids is 1. The Morgan fingerprint density at radius 1 is 1.53 bits per heavy atom. The van der Waals surface area contributed by atoms with E-state index >= 15 is 0 Å². The van der Waals surface area contributed by atoms with Crippen molar-refractivity contribution in [3.63, 3.8) is 0 Å². The second-order valence-electron chi connectivity index (χ2n) is 4.68. The summed E-state index contributed by atoms with van der Waals surface area (Å²) in [6.45, 7) is 4.18. The van der Waals surface area contributed by atoms with E-state index in [0.717, 1.165) is 30.1 Å². The van der Waals surface area contributed by atoms with Crippen LogP contribution in [0.2, 0.25) is 0 Å². The summed E-state index contributed by atoms with van der Waals surface area (Å²) in [7, 11) is 1.96. The maximum absolute atomic E-state index is 11.2. The predicted octanol–water partition coefficient (Wildman–Crippen LogP) is 2.92. The number of pyridine rings is 1. The Kier molecular flexibility index (Phi) is 6.15. The zero-order chi connectivity index (χ0) is 14.4. The van der Waals surface area contributed by atoms with Gasteiger partial charge in [-0.2, -0.15) is 11.8 Å². The minimum absolute atomic E-state index is 0.316. The summed E-state index contributed by atoms with van der Waals surface area (Å²) in [5.41, 5.74) is 1.16. The Morgan fingerprint density at radius 3 is 2.74 bits per heavy atom. The zero-order valence-electron chi connectivity index (χ0n) is 12.0. The van der Waals surface area contributed by atoms with Crippen LogP contribution in [0, 0.1) is 0 Å². The number of aromatic carboxylic acids is 1. The molecule has 1 heterocycles. The first-order valence-electron chi connectivity index (χ1n) is 6.45. The highest BCUT2D eigenvalue weighted by molar-refractivity contribution is 7.98.